The molecule has 34 heteroatoms. The number of carbonyl (C=O) groups excluding carboxylic acids is 4. The van der Waals surface area contributed by atoms with Gasteiger partial charge in [0.05, 0.1) is 27.5 Å². The number of H-pyrrole nitrogens is 1. The molecule has 0 aliphatic carbocycles. The van der Waals surface area contributed by atoms with Crippen LogP contribution < -0.4 is 166 Å². The van der Waals surface area contributed by atoms with Crippen molar-refractivity contribution >= 4 is 96.5 Å². The Morgan fingerprint density at radius 2 is 1.10 bits per heavy atom. The summed E-state index contributed by atoms with van der Waals surface area (Å²) in [5.41, 5.74) is -4.29. The van der Waals surface area contributed by atoms with Gasteiger partial charge in [0.25, 0.3) is 23.2 Å². The third kappa shape index (κ3) is 26.4. The number of imidazole rings is 3. The van der Waals surface area contributed by atoms with Crippen LogP contribution in [0.3, 0.4) is 0 Å². The summed E-state index contributed by atoms with van der Waals surface area (Å²) in [7, 11) is 5.48. The molecule has 6 aromatic heterocycles. The van der Waals surface area contributed by atoms with Crippen LogP contribution in [0.5, 0.6) is 0 Å². The monoisotopic (exact) mass is 1370 g/mol. The molecule has 0 saturated carbocycles. The summed E-state index contributed by atoms with van der Waals surface area (Å²) in [6.07, 6.45) is 7.86. The van der Waals surface area contributed by atoms with E-state index in [1.54, 1.807) is 7.05 Å². The molecular formula is C45H73BrFIK2MgN14O14. The van der Waals surface area contributed by atoms with E-state index in [0.29, 0.717) is 38.5 Å². The topological polar surface area (TPSA) is 344 Å². The third-order valence-corrected chi connectivity index (χ3v) is 10.7. The Morgan fingerprint density at radius 1 is 0.759 bits per heavy atom. The molecule has 2 amide bonds. The van der Waals surface area contributed by atoms with Gasteiger partial charge in [0.1, 0.15) is 19.2 Å². The number of ketones is 1. The summed E-state index contributed by atoms with van der Waals surface area (Å²) in [5, 5.41) is 26.8. The number of nitrogens with zero attached hydrogens (tertiary/aromatic N) is 13. The molecule has 6 aromatic rings. The van der Waals surface area contributed by atoms with Crippen LogP contribution in [0.4, 0.5) is 4.39 Å². The van der Waals surface area contributed by atoms with Gasteiger partial charge in [-0.05, 0) is 45.4 Å². The SMILES string of the molecule is C.CN(CO)C(=O)CCCCBr.O=CO[O-].[2H]C([2H])([2H])n1cnc2c1c(=O)[nH]c(=O)n2C.[2H]C([2H])([2H])n1cnc2c1c(=O)n(CCCCC(=O)N(C)CO)c(=O)n2C.[2H]C([2H])([2H])n1cnc2c1c(=O)n(CCCCC(C)=O)c(=O)n2C.[2H]CF.[2H][C-]([2H])[2H].[H-].[I-].[K+].[K+].[Mg+2]. The second kappa shape index (κ2) is 46.0. The normalized spacial score (nSPS) is 12.4. The smallest absolute Gasteiger partial charge is 1.00 e. The van der Waals surface area contributed by atoms with Crippen molar-refractivity contribution < 1.29 is 190 Å². The van der Waals surface area contributed by atoms with E-state index in [4.69, 9.17) is 38.1 Å². The van der Waals surface area contributed by atoms with Crippen LogP contribution >= 0.6 is 15.9 Å². The van der Waals surface area contributed by atoms with Crippen molar-refractivity contribution in [3.63, 3.8) is 0 Å². The van der Waals surface area contributed by atoms with Gasteiger partial charge in [-0.1, -0.05) is 23.4 Å². The van der Waals surface area contributed by atoms with Gasteiger partial charge in [0.2, 0.25) is 11.8 Å². The molecule has 0 aliphatic rings. The molecule has 3 N–H and O–H groups in total. The fraction of sp³-hybridized carbons (Fsp3) is 0.556. The predicted octanol–water partition coefficient (Wildman–Crippen LogP) is -10.0. The van der Waals surface area contributed by atoms with Crippen LogP contribution in [0.2, 0.25) is 0 Å². The minimum absolute atomic E-state index is 0. The van der Waals surface area contributed by atoms with Gasteiger partial charge in [0.15, 0.2) is 33.5 Å². The number of aromatic amines is 1. The molecule has 0 atom stereocenters. The Hall–Kier alpha value is -2.41. The summed E-state index contributed by atoms with van der Waals surface area (Å²) in [6.45, 7) is -6.75. The van der Waals surface area contributed by atoms with Crippen molar-refractivity contribution in [2.75, 3.05) is 40.0 Å². The maximum Gasteiger partial charge on any atom is 2.00 e. The number of unbranched alkanes of at least 4 members (excludes halogenated alkanes) is 3. The molecule has 6 rings (SSSR count). The number of aryl methyl sites for hydroxylation is 6. The van der Waals surface area contributed by atoms with E-state index in [-0.39, 0.29) is 249 Å². The first-order valence-corrected chi connectivity index (χ1v) is 22.6. The zero-order chi connectivity index (χ0) is 67.5. The van der Waals surface area contributed by atoms with Crippen molar-refractivity contribution in [3.05, 3.63) is 88.9 Å². The Morgan fingerprint density at radius 3 is 1.43 bits per heavy atom. The summed E-state index contributed by atoms with van der Waals surface area (Å²) in [5.74, 6) is -0.196. The molecular weight excluding hydrogens is 1290 g/mol. The average Bonchev–Trinajstić information content (AvgIpc) is 1.72. The van der Waals surface area contributed by atoms with Gasteiger partial charge in [-0.25, -0.2) is 33.4 Å². The van der Waals surface area contributed by atoms with Gasteiger partial charge in [0, 0.05) is 106 Å². The number of aliphatic hydroxyl groups is 2. The van der Waals surface area contributed by atoms with Gasteiger partial charge >= 0.3 is 143 Å². The second-order valence-corrected chi connectivity index (χ2v) is 16.0. The molecule has 0 fully saturated rings. The molecule has 0 saturated heterocycles. The van der Waals surface area contributed by atoms with Crippen LogP contribution in [-0.2, 0) is 79.2 Å². The standard InChI is InChI=1S/C14H21N5O4.C13H18N4O3.C7H14BrNO2.C7H8N4O2.CH3F.CH2O3.CH4.CH3.HI.2K.Mg.H/c1-16-8-15-12-11(16)13(22)19(14(23)18(12)3)7-5-4-6-10(21)17(2)9-20;1-9(18)6-4-5-7-17-12(19)10-11(14-8-15(10)2)16(3)13(17)20;1-9(6-10)7(11)4-2-3-5-8;1-10-3-8-5-4(10)6(12)9-7(13)11(5)2;1-2;2-1-4-3;;;;;;;/h8,20H,4-7,9H2,1-3H3;8H,4-7H2,1-3H3;10H,2-6H2,1H3;3H,1-2H3,(H,9,12,13);1H3;1,3H;1H4;1H3;1H;;;;/q;;;;;;;-1;;2*+1;+2;-1/p-2/i1D3;2D3;;1D3;1D;;;1D3;;;;;. The van der Waals surface area contributed by atoms with E-state index >= 15 is 0 Å². The quantitative estimate of drug-likeness (QED) is 0.00879. The van der Waals surface area contributed by atoms with Crippen LogP contribution in [0.15, 0.2) is 47.7 Å². The first-order valence-electron chi connectivity index (χ1n) is 28.2. The Labute approximate surface area is 601 Å². The summed E-state index contributed by atoms with van der Waals surface area (Å²) < 4.78 is 107. The third-order valence-electron chi connectivity index (χ3n) is 10.1. The summed E-state index contributed by atoms with van der Waals surface area (Å²) >= 11 is 3.28. The number of hydrogen-bond donors (Lipinski definition) is 3. The number of fused-ring (bicyclic) bond motifs is 3. The number of amides is 2. The first-order chi connectivity index (χ1) is 40.3. The van der Waals surface area contributed by atoms with Crippen LogP contribution in [0.25, 0.3) is 33.5 Å². The Balaban J connectivity index is -0.000000203. The maximum absolute atomic E-state index is 12.6. The van der Waals surface area contributed by atoms with E-state index < -0.39 is 69.2 Å². The van der Waals surface area contributed by atoms with Crippen molar-refractivity contribution in [1.29, 1.82) is 0 Å². The van der Waals surface area contributed by atoms with Crippen molar-refractivity contribution in [3.8, 4) is 0 Å². The molecule has 79 heavy (non-hydrogen) atoms. The Bertz CT molecular complexity index is 3580. The van der Waals surface area contributed by atoms with Crippen LogP contribution in [0.1, 0.15) is 91.4 Å². The predicted molar refractivity (Wildman–Crippen MR) is 287 cm³/mol. The zero-order valence-corrected chi connectivity index (χ0v) is 55.8. The molecule has 432 valence electrons. The number of aromatic nitrogens is 12. The average molecular weight is 1380 g/mol. The molecule has 0 aliphatic heterocycles. The minimum atomic E-state index is -2.59. The number of nitrogens with one attached hydrogen (secondary N) is 1. The molecule has 0 radical (unpaired) electrons. The molecule has 0 aromatic carbocycles. The largest absolute Gasteiger partial charge is 2.00 e. The zero-order valence-electron chi connectivity index (χ0n) is 58.4. The first kappa shape index (κ1) is 62.6. The number of carbonyl (C=O) groups is 4. The summed E-state index contributed by atoms with van der Waals surface area (Å²) in [6, 6.07) is 0. The van der Waals surface area contributed by atoms with Crippen molar-refractivity contribution in [2.45, 2.75) is 85.2 Å². The maximum atomic E-state index is 12.6. The van der Waals surface area contributed by atoms with E-state index in [2.05, 4.69) is 35.8 Å². The number of hydrogen-bond acceptors (Lipinski definition) is 17. The number of rotatable bonds is 17. The number of alkyl halides is 2. The van der Waals surface area contributed by atoms with Crippen LogP contribution in [0, 0.1) is 7.35 Å². The molecule has 0 unspecified atom stereocenters. The van der Waals surface area contributed by atoms with Crippen molar-refractivity contribution in [1.82, 2.24) is 66.3 Å². The van der Waals surface area contributed by atoms with Gasteiger partial charge < -0.3 is 81.4 Å². The van der Waals surface area contributed by atoms with E-state index in [0.717, 1.165) is 78.6 Å². The van der Waals surface area contributed by atoms with E-state index in [9.17, 15) is 47.5 Å². The minimum Gasteiger partial charge on any atom is -1.00 e. The van der Waals surface area contributed by atoms with Crippen LogP contribution in [-0.4, -0.2) is 164 Å². The molecule has 0 spiro atoms. The van der Waals surface area contributed by atoms with E-state index in [1.165, 1.54) is 40.0 Å². The number of halogens is 3. The second-order valence-electron chi connectivity index (χ2n) is 15.2. The van der Waals surface area contributed by atoms with Crippen molar-refractivity contribution in [2.24, 2.45) is 42.1 Å². The molecule has 0 bridgehead atoms. The fourth-order valence-electron chi connectivity index (χ4n) is 6.17. The van der Waals surface area contributed by atoms with E-state index in [1.807, 2.05) is 4.98 Å². The summed E-state index contributed by atoms with van der Waals surface area (Å²) in [4.78, 5) is 133. The van der Waals surface area contributed by atoms with Gasteiger partial charge in [-0.3, -0.25) is 61.0 Å². The van der Waals surface area contributed by atoms with Gasteiger partial charge in [-0.15, -0.1) is 0 Å². The fourth-order valence-corrected chi connectivity index (χ4v) is 6.56. The number of Topliss-reactive ketones (excluding diaryl/α,β-unsaturated/α-hetero) is 1. The number of aliphatic hydroxyl groups excluding tert-OH is 2. The molecule has 6 heterocycles. The van der Waals surface area contributed by atoms with Gasteiger partial charge in [-0.2, -0.15) is 0 Å². The Kier molecular flexibility index (Phi) is 36.5. The molecule has 28 nitrogen and oxygen atoms in total.